The van der Waals surface area contributed by atoms with Gasteiger partial charge in [0.05, 0.1) is 0 Å². The summed E-state index contributed by atoms with van der Waals surface area (Å²) in [6.07, 6.45) is 0. The maximum atomic E-state index is 6.80. The lowest BCUT2D eigenvalue weighted by Crippen LogP contribution is -2.25. The fourth-order valence-corrected chi connectivity index (χ4v) is 10.2. The molecule has 0 aliphatic rings. The van der Waals surface area contributed by atoms with Gasteiger partial charge in [-0.3, -0.25) is 0 Å². The second-order valence-electron chi connectivity index (χ2n) is 8.69. The van der Waals surface area contributed by atoms with Crippen molar-refractivity contribution in [1.29, 1.82) is 0 Å². The van der Waals surface area contributed by atoms with Crippen molar-refractivity contribution < 1.29 is 2.84 Å². The van der Waals surface area contributed by atoms with Gasteiger partial charge in [0, 0.05) is 0 Å². The monoisotopic (exact) mass is 428 g/mol. The molecule has 3 heteroatoms. The van der Waals surface area contributed by atoms with E-state index in [0.717, 1.165) is 0 Å². The lowest BCUT2D eigenvalue weighted by atomic mass is 10.0. The van der Waals surface area contributed by atoms with Crippen molar-refractivity contribution in [1.82, 2.24) is 0 Å². The molecule has 0 bridgehead atoms. The van der Waals surface area contributed by atoms with Gasteiger partial charge in [-0.25, -0.2) is 0 Å². The molecular formula is C27H34Al2O. The van der Waals surface area contributed by atoms with Crippen molar-refractivity contribution in [2.75, 3.05) is 0 Å². The Labute approximate surface area is 194 Å². The van der Waals surface area contributed by atoms with Crippen molar-refractivity contribution >= 4 is 30.0 Å². The van der Waals surface area contributed by atoms with Gasteiger partial charge in [-0.2, -0.15) is 0 Å². The van der Waals surface area contributed by atoms with E-state index in [1.54, 1.807) is 0 Å². The van der Waals surface area contributed by atoms with Gasteiger partial charge in [-0.15, -0.1) is 0 Å². The highest BCUT2D eigenvalue weighted by atomic mass is 27.3. The molecule has 3 unspecified atom stereocenters. The summed E-state index contributed by atoms with van der Waals surface area (Å²) in [5.41, 5.74) is 4.35. The highest BCUT2D eigenvalue weighted by molar-refractivity contribution is 6.59. The SMILES string of the molecule is CC([CH2][AlH][O][Al]([CH2]C(C)c1ccccc1)[CH2]C(C)c1ccccc1)c1ccccc1. The molecule has 3 rings (SSSR count). The molecule has 0 aliphatic carbocycles. The number of rotatable bonds is 11. The van der Waals surface area contributed by atoms with Gasteiger partial charge in [0.25, 0.3) is 0 Å². The van der Waals surface area contributed by atoms with Crippen LogP contribution in [-0.2, 0) is 2.84 Å². The Hall–Kier alpha value is -1.32. The predicted molar refractivity (Wildman–Crippen MR) is 133 cm³/mol. The van der Waals surface area contributed by atoms with E-state index < -0.39 is 30.0 Å². The van der Waals surface area contributed by atoms with Gasteiger partial charge >= 0.3 is 30.0 Å². The third kappa shape index (κ3) is 7.43. The molecular weight excluding hydrogens is 394 g/mol. The van der Waals surface area contributed by atoms with Gasteiger partial charge in [-0.1, -0.05) is 128 Å². The molecule has 3 aromatic carbocycles. The molecule has 0 aliphatic heterocycles. The normalized spacial score (nSPS) is 14.0. The molecule has 0 spiro atoms. The van der Waals surface area contributed by atoms with Crippen LogP contribution in [0.5, 0.6) is 0 Å². The van der Waals surface area contributed by atoms with Crippen molar-refractivity contribution in [2.45, 2.75) is 54.4 Å². The summed E-state index contributed by atoms with van der Waals surface area (Å²) < 4.78 is 6.80. The maximum absolute atomic E-state index is 6.80. The minimum atomic E-state index is -1.28. The first-order valence-corrected chi connectivity index (χ1v) is 15.1. The second-order valence-corrected chi connectivity index (χ2v) is 13.2. The largest absolute Gasteiger partial charge is 0.639 e. The predicted octanol–water partition coefficient (Wildman–Crippen LogP) is 7.18. The summed E-state index contributed by atoms with van der Waals surface area (Å²) in [5, 5.41) is 3.69. The third-order valence-corrected chi connectivity index (χ3v) is 12.6. The van der Waals surface area contributed by atoms with Crippen molar-refractivity contribution in [3.05, 3.63) is 108 Å². The van der Waals surface area contributed by atoms with E-state index in [0.29, 0.717) is 17.8 Å². The summed E-state index contributed by atoms with van der Waals surface area (Å²) in [4.78, 5) is 0. The summed E-state index contributed by atoms with van der Waals surface area (Å²) in [7, 11) is 0. The van der Waals surface area contributed by atoms with Crippen LogP contribution in [0, 0.1) is 0 Å². The van der Waals surface area contributed by atoms with Crippen LogP contribution in [0.4, 0.5) is 0 Å². The smallest absolute Gasteiger partial charge is 0.431 e. The summed E-state index contributed by atoms with van der Waals surface area (Å²) >= 11 is -1.79. The van der Waals surface area contributed by atoms with Crippen LogP contribution in [0.25, 0.3) is 0 Å². The van der Waals surface area contributed by atoms with Crippen LogP contribution < -0.4 is 0 Å². The van der Waals surface area contributed by atoms with E-state index in [1.807, 2.05) is 0 Å². The quantitative estimate of drug-likeness (QED) is 0.294. The third-order valence-electron chi connectivity index (χ3n) is 6.24. The standard InChI is InChI=1S/3C9H11.2Al.O.H/c3*1-8(2)9-6-4-3-5-7-9;;;;/h3*3-8H,1H2,2H3;;;;. The van der Waals surface area contributed by atoms with Crippen LogP contribution >= 0.6 is 0 Å². The fraction of sp³-hybridized carbons (Fsp3) is 0.333. The van der Waals surface area contributed by atoms with E-state index in [1.165, 1.54) is 32.5 Å². The van der Waals surface area contributed by atoms with Gasteiger partial charge in [0.15, 0.2) is 0 Å². The van der Waals surface area contributed by atoms with Crippen molar-refractivity contribution in [3.63, 3.8) is 0 Å². The molecule has 3 aromatic rings. The Morgan fingerprint density at radius 1 is 0.600 bits per heavy atom. The van der Waals surface area contributed by atoms with Gasteiger partial charge < -0.3 is 2.84 Å². The Balaban J connectivity index is 1.61. The van der Waals surface area contributed by atoms with Gasteiger partial charge in [0.1, 0.15) is 0 Å². The van der Waals surface area contributed by atoms with E-state index in [9.17, 15) is 0 Å². The minimum Gasteiger partial charge on any atom is -0.639 e. The van der Waals surface area contributed by atoms with Gasteiger partial charge in [0.2, 0.25) is 0 Å². The molecule has 154 valence electrons. The second kappa shape index (κ2) is 12.5. The molecule has 0 fully saturated rings. The average molecular weight is 429 g/mol. The van der Waals surface area contributed by atoms with E-state index in [2.05, 4.69) is 112 Å². The lowest BCUT2D eigenvalue weighted by Gasteiger charge is -2.22. The highest BCUT2D eigenvalue weighted by Crippen LogP contribution is 2.28. The molecule has 0 heterocycles. The topological polar surface area (TPSA) is 9.23 Å². The maximum Gasteiger partial charge on any atom is 0.431 e. The summed E-state index contributed by atoms with van der Waals surface area (Å²) in [5.74, 6) is 1.75. The molecule has 0 N–H and O–H groups in total. The number of hydrogen-bond donors (Lipinski definition) is 0. The first kappa shape index (κ1) is 23.4. The summed E-state index contributed by atoms with van der Waals surface area (Å²) in [6.45, 7) is 7.10. The van der Waals surface area contributed by atoms with Crippen molar-refractivity contribution in [3.8, 4) is 0 Å². The average Bonchev–Trinajstić information content (AvgIpc) is 2.80. The van der Waals surface area contributed by atoms with E-state index >= 15 is 0 Å². The minimum absolute atomic E-state index is 0.511. The van der Waals surface area contributed by atoms with Gasteiger partial charge in [-0.05, 0) is 34.4 Å². The van der Waals surface area contributed by atoms with Crippen LogP contribution in [0.2, 0.25) is 15.8 Å². The molecule has 3 atom stereocenters. The molecule has 0 radical (unpaired) electrons. The zero-order valence-corrected chi connectivity index (χ0v) is 21.3. The highest BCUT2D eigenvalue weighted by Gasteiger charge is 2.27. The molecule has 0 saturated carbocycles. The number of hydrogen-bond acceptors (Lipinski definition) is 1. The fourth-order valence-electron chi connectivity index (χ4n) is 4.22. The lowest BCUT2D eigenvalue weighted by molar-refractivity contribution is 0.571. The zero-order valence-electron chi connectivity index (χ0n) is 18.7. The Morgan fingerprint density at radius 3 is 1.37 bits per heavy atom. The van der Waals surface area contributed by atoms with Crippen LogP contribution in [0.1, 0.15) is 55.2 Å². The molecule has 0 aromatic heterocycles. The van der Waals surface area contributed by atoms with E-state index in [4.69, 9.17) is 2.84 Å². The van der Waals surface area contributed by atoms with E-state index in [-0.39, 0.29) is 0 Å². The Bertz CT molecular complexity index is 791. The number of benzene rings is 3. The molecule has 30 heavy (non-hydrogen) atoms. The Kier molecular flexibility index (Phi) is 9.74. The van der Waals surface area contributed by atoms with Crippen LogP contribution in [-0.4, -0.2) is 30.0 Å². The molecule has 0 amide bonds. The van der Waals surface area contributed by atoms with Crippen LogP contribution in [0.3, 0.4) is 0 Å². The molecule has 1 nitrogen and oxygen atoms in total. The summed E-state index contributed by atoms with van der Waals surface area (Å²) in [6, 6.07) is 32.8. The molecule has 0 saturated heterocycles. The first-order chi connectivity index (χ1) is 14.6. The zero-order chi connectivity index (χ0) is 21.2. The first-order valence-electron chi connectivity index (χ1n) is 11.4. The van der Waals surface area contributed by atoms with Crippen LogP contribution in [0.15, 0.2) is 91.0 Å². The van der Waals surface area contributed by atoms with Crippen molar-refractivity contribution in [2.24, 2.45) is 0 Å². The Morgan fingerprint density at radius 2 is 0.967 bits per heavy atom.